The van der Waals surface area contributed by atoms with Crippen molar-refractivity contribution >= 4 is 5.91 Å². The van der Waals surface area contributed by atoms with Crippen LogP contribution in [0, 0.1) is 11.5 Å². The molecule has 0 N–H and O–H groups in total. The molecule has 48 valence electrons. The molecule has 0 aromatic carbocycles. The van der Waals surface area contributed by atoms with Crippen LogP contribution in [-0.2, 0) is 4.79 Å². The van der Waals surface area contributed by atoms with E-state index in [0.717, 1.165) is 4.90 Å². The van der Waals surface area contributed by atoms with Crippen LogP contribution in [0.15, 0.2) is 12.7 Å². The van der Waals surface area contributed by atoms with Crippen molar-refractivity contribution in [2.45, 2.75) is 6.92 Å². The maximum atomic E-state index is 10.4. The fourth-order valence-corrected chi connectivity index (χ4v) is 0.369. The summed E-state index contributed by atoms with van der Waals surface area (Å²) in [6, 6.07) is 0. The van der Waals surface area contributed by atoms with Crippen LogP contribution in [0.1, 0.15) is 6.92 Å². The van der Waals surface area contributed by atoms with Crippen molar-refractivity contribution in [2.75, 3.05) is 6.54 Å². The van der Waals surface area contributed by atoms with Crippen molar-refractivity contribution in [1.82, 2.24) is 4.90 Å². The number of rotatable bonds is 2. The molecule has 0 rings (SSSR count). The number of carbonyl (C=O) groups is 1. The summed E-state index contributed by atoms with van der Waals surface area (Å²) in [7, 11) is 0. The predicted molar refractivity (Wildman–Crippen MR) is 33.2 cm³/mol. The number of nitriles is 1. The summed E-state index contributed by atoms with van der Waals surface area (Å²) in [6.45, 7) is 5.02. The van der Waals surface area contributed by atoms with Crippen LogP contribution in [0.25, 0.3) is 0 Å². The first-order chi connectivity index (χ1) is 4.22. The van der Waals surface area contributed by atoms with Crippen LogP contribution in [-0.4, -0.2) is 17.4 Å². The summed E-state index contributed by atoms with van der Waals surface area (Å²) in [6.07, 6.45) is 3.22. The molecule has 0 saturated carbocycles. The highest BCUT2D eigenvalue weighted by molar-refractivity contribution is 5.74. The topological polar surface area (TPSA) is 44.1 Å². The van der Waals surface area contributed by atoms with Crippen LogP contribution < -0.4 is 0 Å². The number of amides is 1. The van der Waals surface area contributed by atoms with Crippen LogP contribution in [0.4, 0.5) is 0 Å². The summed E-state index contributed by atoms with van der Waals surface area (Å²) in [5.74, 6) is -0.252. The standard InChI is InChI=1S/C6H8N2O/c1-3-4-8(5-7)6(2)9/h3H,1,4H2,2H3. The fourth-order valence-electron chi connectivity index (χ4n) is 0.369. The van der Waals surface area contributed by atoms with Crippen molar-refractivity contribution in [3.8, 4) is 6.19 Å². The summed E-state index contributed by atoms with van der Waals surface area (Å²) < 4.78 is 0. The Morgan fingerprint density at radius 3 is 2.67 bits per heavy atom. The quantitative estimate of drug-likeness (QED) is 0.305. The van der Waals surface area contributed by atoms with Gasteiger partial charge in [0.25, 0.3) is 0 Å². The Morgan fingerprint density at radius 2 is 2.56 bits per heavy atom. The van der Waals surface area contributed by atoms with Gasteiger partial charge in [-0.3, -0.25) is 4.79 Å². The van der Waals surface area contributed by atoms with E-state index in [1.54, 1.807) is 6.19 Å². The Kier molecular flexibility index (Phi) is 3.14. The summed E-state index contributed by atoms with van der Waals surface area (Å²) in [5.41, 5.74) is 0. The molecule has 0 bridgehead atoms. The van der Waals surface area contributed by atoms with Crippen molar-refractivity contribution < 1.29 is 4.79 Å². The molecule has 9 heavy (non-hydrogen) atoms. The second-order valence-electron chi connectivity index (χ2n) is 1.52. The minimum Gasteiger partial charge on any atom is -0.274 e. The van der Waals surface area contributed by atoms with E-state index in [1.807, 2.05) is 0 Å². The van der Waals surface area contributed by atoms with E-state index in [9.17, 15) is 4.79 Å². The summed E-state index contributed by atoms with van der Waals surface area (Å²) in [4.78, 5) is 11.4. The number of hydrogen-bond donors (Lipinski definition) is 0. The Balaban J connectivity index is 3.86. The number of hydrogen-bond acceptors (Lipinski definition) is 2. The molecular weight excluding hydrogens is 116 g/mol. The van der Waals surface area contributed by atoms with E-state index in [2.05, 4.69) is 6.58 Å². The van der Waals surface area contributed by atoms with Crippen LogP contribution >= 0.6 is 0 Å². The van der Waals surface area contributed by atoms with Gasteiger partial charge in [0.05, 0.1) is 6.54 Å². The van der Waals surface area contributed by atoms with E-state index in [1.165, 1.54) is 13.0 Å². The zero-order valence-electron chi connectivity index (χ0n) is 5.29. The Labute approximate surface area is 54.2 Å². The first-order valence-electron chi connectivity index (χ1n) is 2.51. The normalized spacial score (nSPS) is 7.56. The highest BCUT2D eigenvalue weighted by atomic mass is 16.2. The molecule has 0 aliphatic heterocycles. The summed E-state index contributed by atoms with van der Waals surface area (Å²) in [5, 5.41) is 8.23. The molecule has 0 radical (unpaired) electrons. The van der Waals surface area contributed by atoms with Crippen molar-refractivity contribution in [3.63, 3.8) is 0 Å². The second kappa shape index (κ2) is 3.67. The van der Waals surface area contributed by atoms with E-state index in [0.29, 0.717) is 6.54 Å². The second-order valence-corrected chi connectivity index (χ2v) is 1.52. The lowest BCUT2D eigenvalue weighted by molar-refractivity contribution is -0.125. The first-order valence-corrected chi connectivity index (χ1v) is 2.51. The third kappa shape index (κ3) is 2.50. The molecule has 0 atom stereocenters. The Bertz CT molecular complexity index is 157. The van der Waals surface area contributed by atoms with Gasteiger partial charge in [-0.25, -0.2) is 4.90 Å². The third-order valence-corrected chi connectivity index (χ3v) is 0.812. The molecule has 0 heterocycles. The third-order valence-electron chi connectivity index (χ3n) is 0.812. The smallest absolute Gasteiger partial charge is 0.232 e. The molecule has 0 fully saturated rings. The molecule has 3 nitrogen and oxygen atoms in total. The summed E-state index contributed by atoms with van der Waals surface area (Å²) >= 11 is 0. The fraction of sp³-hybridized carbons (Fsp3) is 0.333. The minimum atomic E-state index is -0.252. The lowest BCUT2D eigenvalue weighted by Crippen LogP contribution is -2.22. The molecule has 1 amide bonds. The lowest BCUT2D eigenvalue weighted by Gasteiger charge is -2.05. The molecule has 0 aromatic rings. The number of carbonyl (C=O) groups excluding carboxylic acids is 1. The van der Waals surface area contributed by atoms with E-state index < -0.39 is 0 Å². The minimum absolute atomic E-state index is 0.252. The molecule has 3 heteroatoms. The van der Waals surface area contributed by atoms with Gasteiger partial charge >= 0.3 is 0 Å². The Morgan fingerprint density at radius 1 is 2.00 bits per heavy atom. The Hall–Kier alpha value is -1.30. The van der Waals surface area contributed by atoms with Gasteiger partial charge in [-0.1, -0.05) is 6.08 Å². The average Bonchev–Trinajstić information content (AvgIpc) is 1.82. The lowest BCUT2D eigenvalue weighted by atomic mass is 10.5. The van der Waals surface area contributed by atoms with E-state index in [-0.39, 0.29) is 5.91 Å². The highest BCUT2D eigenvalue weighted by Gasteiger charge is 2.01. The van der Waals surface area contributed by atoms with Crippen molar-refractivity contribution in [2.24, 2.45) is 0 Å². The molecule has 0 spiro atoms. The maximum absolute atomic E-state index is 10.4. The van der Waals surface area contributed by atoms with Crippen LogP contribution in [0.5, 0.6) is 0 Å². The van der Waals surface area contributed by atoms with Gasteiger partial charge in [-0.15, -0.1) is 6.58 Å². The zero-order chi connectivity index (χ0) is 7.28. The van der Waals surface area contributed by atoms with Gasteiger partial charge in [0.15, 0.2) is 6.19 Å². The van der Waals surface area contributed by atoms with Gasteiger partial charge in [0.2, 0.25) is 5.91 Å². The highest BCUT2D eigenvalue weighted by Crippen LogP contribution is 1.84. The number of nitrogens with zero attached hydrogens (tertiary/aromatic N) is 2. The molecule has 0 aromatic heterocycles. The van der Waals surface area contributed by atoms with E-state index in [4.69, 9.17) is 5.26 Å². The zero-order valence-corrected chi connectivity index (χ0v) is 5.29. The van der Waals surface area contributed by atoms with Gasteiger partial charge < -0.3 is 0 Å². The van der Waals surface area contributed by atoms with E-state index >= 15 is 0 Å². The largest absolute Gasteiger partial charge is 0.274 e. The maximum Gasteiger partial charge on any atom is 0.232 e. The molecule has 0 saturated heterocycles. The molecule has 0 aliphatic rings. The van der Waals surface area contributed by atoms with Crippen molar-refractivity contribution in [1.29, 1.82) is 5.26 Å². The SMILES string of the molecule is C=CCN(C#N)C(C)=O. The van der Waals surface area contributed by atoms with Crippen molar-refractivity contribution in [3.05, 3.63) is 12.7 Å². The van der Waals surface area contributed by atoms with Gasteiger partial charge in [0.1, 0.15) is 0 Å². The first kappa shape index (κ1) is 7.70. The molecule has 0 unspecified atom stereocenters. The predicted octanol–water partition coefficient (Wildman–Crippen LogP) is 0.502. The molecule has 0 aliphatic carbocycles. The van der Waals surface area contributed by atoms with Crippen LogP contribution in [0.3, 0.4) is 0 Å². The monoisotopic (exact) mass is 124 g/mol. The average molecular weight is 124 g/mol. The van der Waals surface area contributed by atoms with Gasteiger partial charge in [-0.05, 0) is 0 Å². The van der Waals surface area contributed by atoms with Gasteiger partial charge in [-0.2, -0.15) is 5.26 Å². The molecular formula is C6H8N2O. The van der Waals surface area contributed by atoms with Crippen LogP contribution in [0.2, 0.25) is 0 Å². The van der Waals surface area contributed by atoms with Gasteiger partial charge in [0, 0.05) is 6.92 Å².